The highest BCUT2D eigenvalue weighted by Gasteiger charge is 2.21. The van der Waals surface area contributed by atoms with E-state index in [1.54, 1.807) is 0 Å². The normalized spacial score (nSPS) is 17.5. The molecule has 0 saturated heterocycles. The molecule has 0 bridgehead atoms. The molecule has 1 nitrogen and oxygen atoms in total. The molecule has 1 saturated carbocycles. The lowest BCUT2D eigenvalue weighted by molar-refractivity contribution is 0.422. The summed E-state index contributed by atoms with van der Waals surface area (Å²) in [5.41, 5.74) is 2.81. The molecule has 0 spiro atoms. The molecule has 1 aliphatic rings. The van der Waals surface area contributed by atoms with Crippen molar-refractivity contribution in [1.82, 2.24) is 4.98 Å². The van der Waals surface area contributed by atoms with Gasteiger partial charge in [0.1, 0.15) is 0 Å². The van der Waals surface area contributed by atoms with Crippen LogP contribution in [0.1, 0.15) is 30.7 Å². The van der Waals surface area contributed by atoms with Crippen molar-refractivity contribution in [2.45, 2.75) is 25.2 Å². The fraction of sp³-hybridized carbons (Fsp3) is 0.333. The van der Waals surface area contributed by atoms with Gasteiger partial charge in [0, 0.05) is 17.1 Å². The maximum Gasteiger partial charge on any atom is 0.0456 e. The van der Waals surface area contributed by atoms with Gasteiger partial charge in [-0.25, -0.2) is 0 Å². The predicted molar refractivity (Wildman–Crippen MR) is 54.9 cm³/mol. The van der Waals surface area contributed by atoms with Gasteiger partial charge in [-0.3, -0.25) is 0 Å². The first-order valence-electron chi connectivity index (χ1n) is 5.01. The first-order chi connectivity index (χ1) is 6.45. The molecule has 1 heterocycles. The molecule has 0 atom stereocenters. The van der Waals surface area contributed by atoms with Crippen LogP contribution in [0.25, 0.3) is 10.9 Å². The van der Waals surface area contributed by atoms with Crippen LogP contribution in [-0.2, 0) is 0 Å². The van der Waals surface area contributed by atoms with Crippen LogP contribution in [0.2, 0.25) is 0 Å². The molecule has 2 aromatic rings. The summed E-state index contributed by atoms with van der Waals surface area (Å²) in [5, 5.41) is 1.42. The van der Waals surface area contributed by atoms with Gasteiger partial charge in [-0.15, -0.1) is 0 Å². The molecule has 0 unspecified atom stereocenters. The van der Waals surface area contributed by atoms with Gasteiger partial charge in [0.15, 0.2) is 0 Å². The molecular weight excluding hydrogens is 158 g/mol. The molecule has 0 radical (unpaired) electrons. The largest absolute Gasteiger partial charge is 0.361 e. The minimum absolute atomic E-state index is 0.830. The monoisotopic (exact) mass is 171 g/mol. The lowest BCUT2D eigenvalue weighted by Crippen LogP contribution is -2.07. The summed E-state index contributed by atoms with van der Waals surface area (Å²) < 4.78 is 0. The molecule has 13 heavy (non-hydrogen) atoms. The molecule has 66 valence electrons. The van der Waals surface area contributed by atoms with Crippen molar-refractivity contribution in [3.63, 3.8) is 0 Å². The van der Waals surface area contributed by atoms with E-state index in [4.69, 9.17) is 0 Å². The maximum absolute atomic E-state index is 3.34. The van der Waals surface area contributed by atoms with Crippen molar-refractivity contribution in [3.8, 4) is 0 Å². The lowest BCUT2D eigenvalue weighted by Gasteiger charge is -2.24. The standard InChI is InChI=1S/C12H13N/c1-2-7-12-10(6-1)11(8-13-12)9-4-3-5-9/h1-2,6-9,13H,3-5H2. The summed E-state index contributed by atoms with van der Waals surface area (Å²) in [5.74, 6) is 0.830. The third kappa shape index (κ3) is 0.998. The van der Waals surface area contributed by atoms with Crippen LogP contribution in [-0.4, -0.2) is 4.98 Å². The van der Waals surface area contributed by atoms with Crippen LogP contribution >= 0.6 is 0 Å². The summed E-state index contributed by atoms with van der Waals surface area (Å²) in [4.78, 5) is 3.34. The number of para-hydroxylation sites is 1. The number of aromatic amines is 1. The van der Waals surface area contributed by atoms with Crippen LogP contribution in [0.4, 0.5) is 0 Å². The van der Waals surface area contributed by atoms with E-state index in [2.05, 4.69) is 35.4 Å². The molecule has 1 aliphatic carbocycles. The molecule has 1 aromatic heterocycles. The van der Waals surface area contributed by atoms with Crippen molar-refractivity contribution < 1.29 is 0 Å². The molecule has 1 heteroatoms. The van der Waals surface area contributed by atoms with Crippen molar-refractivity contribution in [3.05, 3.63) is 36.0 Å². The van der Waals surface area contributed by atoms with Crippen LogP contribution < -0.4 is 0 Å². The number of fused-ring (bicyclic) bond motifs is 1. The fourth-order valence-corrected chi connectivity index (χ4v) is 2.15. The van der Waals surface area contributed by atoms with Gasteiger partial charge in [-0.1, -0.05) is 24.6 Å². The van der Waals surface area contributed by atoms with E-state index in [1.807, 2.05) is 0 Å². The van der Waals surface area contributed by atoms with E-state index in [1.165, 1.54) is 35.7 Å². The molecule has 0 aliphatic heterocycles. The van der Waals surface area contributed by atoms with Gasteiger partial charge in [0.25, 0.3) is 0 Å². The Morgan fingerprint density at radius 2 is 2.00 bits per heavy atom. The van der Waals surface area contributed by atoms with Crippen LogP contribution in [0.5, 0.6) is 0 Å². The lowest BCUT2D eigenvalue weighted by atomic mass is 9.80. The molecule has 1 aromatic carbocycles. The number of rotatable bonds is 1. The summed E-state index contributed by atoms with van der Waals surface area (Å²) >= 11 is 0. The van der Waals surface area contributed by atoms with Gasteiger partial charge in [-0.2, -0.15) is 0 Å². The Labute approximate surface area is 77.8 Å². The fourth-order valence-electron chi connectivity index (χ4n) is 2.15. The van der Waals surface area contributed by atoms with Crippen molar-refractivity contribution in [2.75, 3.05) is 0 Å². The second-order valence-corrected chi connectivity index (χ2v) is 3.92. The number of benzene rings is 1. The third-order valence-corrected chi connectivity index (χ3v) is 3.17. The number of hydrogen-bond donors (Lipinski definition) is 1. The highest BCUT2D eigenvalue weighted by molar-refractivity contribution is 5.83. The van der Waals surface area contributed by atoms with Crippen molar-refractivity contribution in [2.24, 2.45) is 0 Å². The Hall–Kier alpha value is -1.24. The van der Waals surface area contributed by atoms with Crippen LogP contribution in [0.3, 0.4) is 0 Å². The number of nitrogens with one attached hydrogen (secondary N) is 1. The highest BCUT2D eigenvalue weighted by Crippen LogP contribution is 2.39. The van der Waals surface area contributed by atoms with E-state index in [0.717, 1.165) is 5.92 Å². The topological polar surface area (TPSA) is 15.8 Å². The quantitative estimate of drug-likeness (QED) is 0.676. The zero-order chi connectivity index (χ0) is 8.67. The third-order valence-electron chi connectivity index (χ3n) is 3.17. The SMILES string of the molecule is c1ccc2c(C3CCC3)c[nH]c2c1. The highest BCUT2D eigenvalue weighted by atomic mass is 14.7. The van der Waals surface area contributed by atoms with Gasteiger partial charge < -0.3 is 4.98 Å². The van der Waals surface area contributed by atoms with Gasteiger partial charge in [-0.05, 0) is 30.4 Å². The second kappa shape index (κ2) is 2.63. The molecule has 3 rings (SSSR count). The Bertz CT molecular complexity index is 423. The molecule has 1 N–H and O–H groups in total. The first kappa shape index (κ1) is 7.19. The Balaban J connectivity index is 2.17. The minimum atomic E-state index is 0.830. The Morgan fingerprint density at radius 3 is 2.77 bits per heavy atom. The summed E-state index contributed by atoms with van der Waals surface area (Å²) in [7, 11) is 0. The van der Waals surface area contributed by atoms with Crippen molar-refractivity contribution in [1.29, 1.82) is 0 Å². The average Bonchev–Trinajstić information content (AvgIpc) is 2.47. The van der Waals surface area contributed by atoms with Gasteiger partial charge >= 0.3 is 0 Å². The Morgan fingerprint density at radius 1 is 1.15 bits per heavy atom. The zero-order valence-corrected chi connectivity index (χ0v) is 7.59. The predicted octanol–water partition coefficient (Wildman–Crippen LogP) is 3.44. The number of hydrogen-bond acceptors (Lipinski definition) is 0. The zero-order valence-electron chi connectivity index (χ0n) is 7.59. The van der Waals surface area contributed by atoms with E-state index in [0.29, 0.717) is 0 Å². The van der Waals surface area contributed by atoms with E-state index < -0.39 is 0 Å². The summed E-state index contributed by atoms with van der Waals surface area (Å²) in [6.07, 6.45) is 6.35. The summed E-state index contributed by atoms with van der Waals surface area (Å²) in [6, 6.07) is 8.58. The molecular formula is C12H13N. The van der Waals surface area contributed by atoms with E-state index in [-0.39, 0.29) is 0 Å². The van der Waals surface area contributed by atoms with E-state index >= 15 is 0 Å². The minimum Gasteiger partial charge on any atom is -0.361 e. The van der Waals surface area contributed by atoms with E-state index in [9.17, 15) is 0 Å². The van der Waals surface area contributed by atoms with Crippen molar-refractivity contribution >= 4 is 10.9 Å². The van der Waals surface area contributed by atoms with Gasteiger partial charge in [0.05, 0.1) is 0 Å². The van der Waals surface area contributed by atoms with Gasteiger partial charge in [0.2, 0.25) is 0 Å². The smallest absolute Gasteiger partial charge is 0.0456 e. The first-order valence-corrected chi connectivity index (χ1v) is 5.01. The van der Waals surface area contributed by atoms with Crippen LogP contribution in [0.15, 0.2) is 30.5 Å². The maximum atomic E-state index is 3.34. The second-order valence-electron chi connectivity index (χ2n) is 3.92. The molecule has 1 fully saturated rings. The van der Waals surface area contributed by atoms with Crippen LogP contribution in [0, 0.1) is 0 Å². The average molecular weight is 171 g/mol. The Kier molecular flexibility index (Phi) is 1.45. The number of aromatic nitrogens is 1. The molecule has 0 amide bonds. The summed E-state index contributed by atoms with van der Waals surface area (Å²) in [6.45, 7) is 0. The number of H-pyrrole nitrogens is 1.